The van der Waals surface area contributed by atoms with Crippen LogP contribution in [0.2, 0.25) is 4.34 Å². The summed E-state index contributed by atoms with van der Waals surface area (Å²) in [7, 11) is 0. The van der Waals surface area contributed by atoms with Crippen LogP contribution in [0.15, 0.2) is 23.0 Å². The van der Waals surface area contributed by atoms with Crippen molar-refractivity contribution in [3.63, 3.8) is 0 Å². The van der Waals surface area contributed by atoms with E-state index in [-0.39, 0.29) is 5.69 Å². The molecule has 0 fully saturated rings. The molecule has 0 amide bonds. The Labute approximate surface area is 93.4 Å². The molecule has 0 radical (unpaired) electrons. The minimum absolute atomic E-state index is 0.308. The summed E-state index contributed by atoms with van der Waals surface area (Å²) in [6.45, 7) is 0. The van der Waals surface area contributed by atoms with E-state index < -0.39 is 0 Å². The third-order valence-corrected chi connectivity index (χ3v) is 3.08. The Morgan fingerprint density at radius 2 is 2.14 bits per heavy atom. The van der Waals surface area contributed by atoms with Crippen molar-refractivity contribution in [2.45, 2.75) is 0 Å². The maximum Gasteiger partial charge on any atom is 0.324 e. The average molecular weight is 245 g/mol. The van der Waals surface area contributed by atoms with Crippen molar-refractivity contribution in [2.24, 2.45) is 0 Å². The summed E-state index contributed by atoms with van der Waals surface area (Å²) < 4.78 is 1.09. The largest absolute Gasteiger partial charge is 0.324 e. The lowest BCUT2D eigenvalue weighted by atomic mass is 10.3. The van der Waals surface area contributed by atoms with Gasteiger partial charge in [0.05, 0.1) is 14.9 Å². The monoisotopic (exact) mass is 244 g/mol. The third kappa shape index (κ3) is 1.95. The van der Waals surface area contributed by atoms with Crippen LogP contribution < -0.4 is 5.69 Å². The van der Waals surface area contributed by atoms with Gasteiger partial charge in [0.2, 0.25) is 0 Å². The highest BCUT2D eigenvalue weighted by molar-refractivity contribution is 7.71. The van der Waals surface area contributed by atoms with Crippen LogP contribution in [0, 0.1) is 4.64 Å². The fraction of sp³-hybridized carbons (Fsp3) is 0. The molecule has 0 spiro atoms. The van der Waals surface area contributed by atoms with Gasteiger partial charge < -0.3 is 4.98 Å². The van der Waals surface area contributed by atoms with Crippen molar-refractivity contribution in [2.75, 3.05) is 0 Å². The summed E-state index contributed by atoms with van der Waals surface area (Å²) in [5, 5.41) is 0. The van der Waals surface area contributed by atoms with Crippen molar-refractivity contribution in [1.29, 1.82) is 0 Å². The maximum atomic E-state index is 11.1. The second-order valence-electron chi connectivity index (χ2n) is 2.61. The Morgan fingerprint density at radius 1 is 1.36 bits per heavy atom. The highest BCUT2D eigenvalue weighted by Gasteiger charge is 2.02. The standard InChI is InChI=1S/C8H5ClN2OS2/c9-6-2-1-5(14-6)4-3-7(13)11-8(12)10-4/h1-3H,(H2,10,11,12,13). The summed E-state index contributed by atoms with van der Waals surface area (Å²) in [5.41, 5.74) is 0.382. The Balaban J connectivity index is 2.62. The Bertz CT molecular complexity index is 541. The van der Waals surface area contributed by atoms with Gasteiger partial charge in [-0.3, -0.25) is 4.98 Å². The van der Waals surface area contributed by atoms with E-state index in [1.165, 1.54) is 11.3 Å². The molecule has 6 heteroatoms. The van der Waals surface area contributed by atoms with Crippen LogP contribution in [-0.4, -0.2) is 9.97 Å². The molecule has 2 aromatic heterocycles. The summed E-state index contributed by atoms with van der Waals surface area (Å²) in [6, 6.07) is 5.31. The van der Waals surface area contributed by atoms with Crippen molar-refractivity contribution in [3.05, 3.63) is 37.7 Å². The highest BCUT2D eigenvalue weighted by atomic mass is 35.5. The number of nitrogens with one attached hydrogen (secondary N) is 2. The first-order valence-electron chi connectivity index (χ1n) is 3.74. The van der Waals surface area contributed by atoms with Gasteiger partial charge in [-0.2, -0.15) is 0 Å². The lowest BCUT2D eigenvalue weighted by Gasteiger charge is -1.95. The molecule has 0 aliphatic rings. The summed E-state index contributed by atoms with van der Waals surface area (Å²) in [4.78, 5) is 17.1. The fourth-order valence-electron chi connectivity index (χ4n) is 1.06. The van der Waals surface area contributed by atoms with Crippen LogP contribution in [0.4, 0.5) is 0 Å². The molecule has 0 saturated carbocycles. The summed E-state index contributed by atoms with van der Waals surface area (Å²) in [5.74, 6) is 0. The summed E-state index contributed by atoms with van der Waals surface area (Å²) >= 11 is 12.1. The number of thiophene rings is 1. The van der Waals surface area contributed by atoms with Crippen molar-refractivity contribution in [3.8, 4) is 10.6 Å². The lowest BCUT2D eigenvalue weighted by molar-refractivity contribution is 1.07. The molecule has 2 rings (SSSR count). The van der Waals surface area contributed by atoms with Gasteiger partial charge in [0, 0.05) is 0 Å². The van der Waals surface area contributed by atoms with Gasteiger partial charge in [0.1, 0.15) is 4.64 Å². The molecule has 0 bridgehead atoms. The fourth-order valence-corrected chi connectivity index (χ4v) is 2.29. The molecule has 2 N–H and O–H groups in total. The van der Waals surface area contributed by atoms with E-state index in [1.54, 1.807) is 12.1 Å². The zero-order chi connectivity index (χ0) is 10.1. The van der Waals surface area contributed by atoms with E-state index >= 15 is 0 Å². The number of halogens is 1. The first-order valence-corrected chi connectivity index (χ1v) is 5.35. The van der Waals surface area contributed by atoms with E-state index in [0.29, 0.717) is 14.7 Å². The maximum absolute atomic E-state index is 11.1. The zero-order valence-electron chi connectivity index (χ0n) is 6.83. The zero-order valence-corrected chi connectivity index (χ0v) is 9.22. The Kier molecular flexibility index (Phi) is 2.54. The van der Waals surface area contributed by atoms with Gasteiger partial charge in [-0.1, -0.05) is 23.8 Å². The van der Waals surface area contributed by atoms with Gasteiger partial charge in [-0.05, 0) is 18.2 Å². The predicted octanol–water partition coefficient (Wildman–Crippen LogP) is 2.81. The van der Waals surface area contributed by atoms with Crippen LogP contribution in [-0.2, 0) is 0 Å². The molecule has 0 aromatic carbocycles. The van der Waals surface area contributed by atoms with E-state index in [2.05, 4.69) is 9.97 Å². The van der Waals surface area contributed by atoms with E-state index in [1.807, 2.05) is 6.07 Å². The predicted molar refractivity (Wildman–Crippen MR) is 60.6 cm³/mol. The molecule has 0 atom stereocenters. The minimum atomic E-state index is -0.308. The van der Waals surface area contributed by atoms with Crippen LogP contribution in [0.1, 0.15) is 0 Å². The van der Waals surface area contributed by atoms with Crippen molar-refractivity contribution < 1.29 is 0 Å². The number of hydrogen-bond donors (Lipinski definition) is 2. The van der Waals surface area contributed by atoms with Gasteiger partial charge in [-0.15, -0.1) is 11.3 Å². The SMILES string of the molecule is O=c1[nH]c(-c2ccc(Cl)s2)cc(=S)[nH]1. The Hall–Kier alpha value is -0.910. The molecule has 14 heavy (non-hydrogen) atoms. The molecular formula is C8H5ClN2OS2. The van der Waals surface area contributed by atoms with E-state index in [0.717, 1.165) is 4.88 Å². The minimum Gasteiger partial charge on any atom is -0.306 e. The smallest absolute Gasteiger partial charge is 0.306 e. The number of aromatic amines is 2. The first-order chi connectivity index (χ1) is 6.65. The first kappa shape index (κ1) is 9.64. The van der Waals surface area contributed by atoms with Crippen LogP contribution in [0.5, 0.6) is 0 Å². The number of H-pyrrole nitrogens is 2. The van der Waals surface area contributed by atoms with Gasteiger partial charge in [-0.25, -0.2) is 4.79 Å². The van der Waals surface area contributed by atoms with Gasteiger partial charge in [0.25, 0.3) is 0 Å². The molecule has 0 aliphatic carbocycles. The number of aromatic nitrogens is 2. The molecule has 72 valence electrons. The third-order valence-electron chi connectivity index (χ3n) is 1.60. The second kappa shape index (κ2) is 3.68. The van der Waals surface area contributed by atoms with Crippen LogP contribution in [0.25, 0.3) is 10.6 Å². The normalized spacial score (nSPS) is 10.4. The van der Waals surface area contributed by atoms with Crippen molar-refractivity contribution >= 4 is 35.2 Å². The van der Waals surface area contributed by atoms with Crippen LogP contribution >= 0.6 is 35.2 Å². The van der Waals surface area contributed by atoms with Crippen molar-refractivity contribution in [1.82, 2.24) is 9.97 Å². The molecule has 0 unspecified atom stereocenters. The number of hydrogen-bond acceptors (Lipinski definition) is 3. The molecule has 0 aliphatic heterocycles. The topological polar surface area (TPSA) is 48.6 Å². The van der Waals surface area contributed by atoms with Gasteiger partial charge >= 0.3 is 5.69 Å². The second-order valence-corrected chi connectivity index (χ2v) is 4.76. The highest BCUT2D eigenvalue weighted by Crippen LogP contribution is 2.28. The van der Waals surface area contributed by atoms with E-state index in [9.17, 15) is 4.79 Å². The number of rotatable bonds is 1. The quantitative estimate of drug-likeness (QED) is 0.758. The molecule has 2 heterocycles. The van der Waals surface area contributed by atoms with E-state index in [4.69, 9.17) is 23.8 Å². The molecular weight excluding hydrogens is 240 g/mol. The summed E-state index contributed by atoms with van der Waals surface area (Å²) in [6.07, 6.45) is 0. The average Bonchev–Trinajstić information content (AvgIpc) is 2.50. The van der Waals surface area contributed by atoms with Crippen LogP contribution in [0.3, 0.4) is 0 Å². The molecule has 3 nitrogen and oxygen atoms in total. The Morgan fingerprint density at radius 3 is 2.71 bits per heavy atom. The lowest BCUT2D eigenvalue weighted by Crippen LogP contribution is -2.10. The molecule has 2 aromatic rings. The molecule has 0 saturated heterocycles. The van der Waals surface area contributed by atoms with Gasteiger partial charge in [0.15, 0.2) is 0 Å².